The largest absolute Gasteiger partial charge is 0.318 e. The molecule has 0 spiro atoms. The number of aromatic nitrogens is 3. The molecule has 5 heteroatoms. The maximum atomic E-state index is 12.9. The Morgan fingerprint density at radius 2 is 1.59 bits per heavy atom. The Kier molecular flexibility index (Phi) is 4.74. The van der Waals surface area contributed by atoms with Crippen LogP contribution in [-0.2, 0) is 6.54 Å². The fourth-order valence-corrected chi connectivity index (χ4v) is 4.18. The predicted octanol–water partition coefficient (Wildman–Crippen LogP) is 4.37. The Labute approximate surface area is 169 Å². The number of H-pyrrole nitrogens is 1. The molecule has 4 aromatic rings. The number of rotatable bonds is 4. The Balaban J connectivity index is 1.66. The normalized spacial score (nSPS) is 15.0. The van der Waals surface area contributed by atoms with Crippen LogP contribution in [0.5, 0.6) is 0 Å². The standard InChI is InChI=1S/C24H24N4O/c29-24-19(17-27-14-8-3-9-15-27)16-21-22(25-24)23(18-10-4-1-5-11-18)28(26-21)20-12-6-2-7-13-20/h1-2,4-7,10-13,16H,3,8-9,14-15,17H2,(H,25,29). The zero-order valence-corrected chi connectivity index (χ0v) is 16.3. The number of hydrogen-bond donors (Lipinski definition) is 1. The SMILES string of the molecule is O=c1[nH]c2c(-c3ccccc3)n(-c3ccccc3)nc2cc1CN1CCCCC1. The molecule has 0 atom stereocenters. The molecule has 1 aliphatic heterocycles. The number of fused-ring (bicyclic) bond motifs is 1. The van der Waals surface area contributed by atoms with Crippen LogP contribution in [0.2, 0.25) is 0 Å². The van der Waals surface area contributed by atoms with Gasteiger partial charge in [0.05, 0.1) is 16.9 Å². The number of aromatic amines is 1. The van der Waals surface area contributed by atoms with Crippen molar-refractivity contribution < 1.29 is 0 Å². The fraction of sp³-hybridized carbons (Fsp3) is 0.250. The molecule has 0 bridgehead atoms. The molecular formula is C24H24N4O. The van der Waals surface area contributed by atoms with E-state index in [1.807, 2.05) is 59.3 Å². The van der Waals surface area contributed by atoms with Crippen molar-refractivity contribution in [2.45, 2.75) is 25.8 Å². The summed E-state index contributed by atoms with van der Waals surface area (Å²) in [5.41, 5.74) is 5.28. The summed E-state index contributed by atoms with van der Waals surface area (Å²) in [4.78, 5) is 18.4. The molecule has 1 saturated heterocycles. The average molecular weight is 384 g/mol. The van der Waals surface area contributed by atoms with Gasteiger partial charge in [0, 0.05) is 17.7 Å². The highest BCUT2D eigenvalue weighted by molar-refractivity contribution is 5.91. The van der Waals surface area contributed by atoms with Gasteiger partial charge in [-0.15, -0.1) is 0 Å². The number of benzene rings is 2. The second-order valence-electron chi connectivity index (χ2n) is 7.68. The quantitative estimate of drug-likeness (QED) is 0.569. The Bertz CT molecular complexity index is 1170. The first-order valence-corrected chi connectivity index (χ1v) is 10.3. The molecule has 0 saturated carbocycles. The minimum Gasteiger partial charge on any atom is -0.318 e. The van der Waals surface area contributed by atoms with Crippen molar-refractivity contribution in [2.75, 3.05) is 13.1 Å². The van der Waals surface area contributed by atoms with E-state index in [2.05, 4.69) is 22.0 Å². The summed E-state index contributed by atoms with van der Waals surface area (Å²) < 4.78 is 1.93. The van der Waals surface area contributed by atoms with E-state index in [4.69, 9.17) is 5.10 Å². The van der Waals surface area contributed by atoms with Gasteiger partial charge in [-0.2, -0.15) is 5.10 Å². The average Bonchev–Trinajstić information content (AvgIpc) is 3.14. The Morgan fingerprint density at radius 3 is 2.31 bits per heavy atom. The molecule has 1 aliphatic rings. The number of pyridine rings is 1. The molecule has 29 heavy (non-hydrogen) atoms. The van der Waals surface area contributed by atoms with E-state index < -0.39 is 0 Å². The van der Waals surface area contributed by atoms with Crippen LogP contribution in [0.15, 0.2) is 71.5 Å². The van der Waals surface area contributed by atoms with Crippen LogP contribution in [0.3, 0.4) is 0 Å². The van der Waals surface area contributed by atoms with E-state index in [0.717, 1.165) is 46.6 Å². The molecule has 0 amide bonds. The van der Waals surface area contributed by atoms with Crippen LogP contribution in [0.1, 0.15) is 24.8 Å². The van der Waals surface area contributed by atoms with Crippen LogP contribution in [0.25, 0.3) is 28.0 Å². The van der Waals surface area contributed by atoms with Crippen molar-refractivity contribution >= 4 is 11.0 Å². The van der Waals surface area contributed by atoms with Crippen LogP contribution in [0, 0.1) is 0 Å². The van der Waals surface area contributed by atoms with Gasteiger partial charge in [0.15, 0.2) is 0 Å². The van der Waals surface area contributed by atoms with Gasteiger partial charge in [0.25, 0.3) is 5.56 Å². The lowest BCUT2D eigenvalue weighted by molar-refractivity contribution is 0.220. The highest BCUT2D eigenvalue weighted by atomic mass is 16.1. The summed E-state index contributed by atoms with van der Waals surface area (Å²) in [5, 5.41) is 4.88. The first-order valence-electron chi connectivity index (χ1n) is 10.3. The van der Waals surface area contributed by atoms with Crippen molar-refractivity contribution in [1.82, 2.24) is 19.7 Å². The van der Waals surface area contributed by atoms with Gasteiger partial charge in [-0.25, -0.2) is 4.68 Å². The highest BCUT2D eigenvalue weighted by Crippen LogP contribution is 2.29. The van der Waals surface area contributed by atoms with Crippen molar-refractivity contribution in [3.05, 3.63) is 82.6 Å². The van der Waals surface area contributed by atoms with Crippen LogP contribution in [0.4, 0.5) is 0 Å². The number of likely N-dealkylation sites (tertiary alicyclic amines) is 1. The molecule has 5 nitrogen and oxygen atoms in total. The summed E-state index contributed by atoms with van der Waals surface area (Å²) in [6, 6.07) is 22.1. The number of hydrogen-bond acceptors (Lipinski definition) is 3. The molecule has 5 rings (SSSR count). The molecule has 2 aromatic carbocycles. The van der Waals surface area contributed by atoms with Crippen LogP contribution >= 0.6 is 0 Å². The van der Waals surface area contributed by atoms with Gasteiger partial charge in [-0.3, -0.25) is 9.69 Å². The second-order valence-corrected chi connectivity index (χ2v) is 7.68. The third-order valence-electron chi connectivity index (χ3n) is 5.64. The number of nitrogens with zero attached hydrogens (tertiary/aromatic N) is 3. The van der Waals surface area contributed by atoms with Crippen molar-refractivity contribution in [3.8, 4) is 16.9 Å². The molecule has 146 valence electrons. The minimum absolute atomic E-state index is 0.0205. The minimum atomic E-state index is -0.0205. The van der Waals surface area contributed by atoms with Gasteiger partial charge in [-0.05, 0) is 44.1 Å². The summed E-state index contributed by atoms with van der Waals surface area (Å²) in [5.74, 6) is 0. The van der Waals surface area contributed by atoms with E-state index in [1.54, 1.807) is 0 Å². The molecule has 0 unspecified atom stereocenters. The number of nitrogens with one attached hydrogen (secondary N) is 1. The van der Waals surface area contributed by atoms with Crippen molar-refractivity contribution in [3.63, 3.8) is 0 Å². The van der Waals surface area contributed by atoms with Crippen LogP contribution in [-0.4, -0.2) is 32.8 Å². The van der Waals surface area contributed by atoms with E-state index in [9.17, 15) is 4.79 Å². The third kappa shape index (κ3) is 3.49. The molecule has 3 heterocycles. The summed E-state index contributed by atoms with van der Waals surface area (Å²) in [7, 11) is 0. The summed E-state index contributed by atoms with van der Waals surface area (Å²) in [6.07, 6.45) is 3.70. The number of para-hydroxylation sites is 1. The lowest BCUT2D eigenvalue weighted by atomic mass is 10.1. The predicted molar refractivity (Wildman–Crippen MR) is 116 cm³/mol. The van der Waals surface area contributed by atoms with E-state index in [0.29, 0.717) is 6.54 Å². The topological polar surface area (TPSA) is 53.9 Å². The van der Waals surface area contributed by atoms with E-state index in [1.165, 1.54) is 19.3 Å². The van der Waals surface area contributed by atoms with E-state index in [-0.39, 0.29) is 5.56 Å². The molecular weight excluding hydrogens is 360 g/mol. The highest BCUT2D eigenvalue weighted by Gasteiger charge is 2.18. The van der Waals surface area contributed by atoms with Gasteiger partial charge in [0.2, 0.25) is 0 Å². The first kappa shape index (κ1) is 17.9. The zero-order valence-electron chi connectivity index (χ0n) is 16.3. The maximum absolute atomic E-state index is 12.9. The lowest BCUT2D eigenvalue weighted by Crippen LogP contribution is -2.31. The second kappa shape index (κ2) is 7.68. The first-order chi connectivity index (χ1) is 14.3. The zero-order chi connectivity index (χ0) is 19.6. The van der Waals surface area contributed by atoms with E-state index >= 15 is 0 Å². The molecule has 0 radical (unpaired) electrons. The molecule has 1 N–H and O–H groups in total. The summed E-state index contributed by atoms with van der Waals surface area (Å²) >= 11 is 0. The third-order valence-corrected chi connectivity index (χ3v) is 5.64. The molecule has 2 aromatic heterocycles. The Morgan fingerprint density at radius 1 is 0.897 bits per heavy atom. The van der Waals surface area contributed by atoms with Gasteiger partial charge >= 0.3 is 0 Å². The lowest BCUT2D eigenvalue weighted by Gasteiger charge is -2.25. The Hall–Kier alpha value is -3.18. The monoisotopic (exact) mass is 384 g/mol. The molecule has 0 aliphatic carbocycles. The van der Waals surface area contributed by atoms with Crippen LogP contribution < -0.4 is 5.56 Å². The smallest absolute Gasteiger partial charge is 0.253 e. The fourth-order valence-electron chi connectivity index (χ4n) is 4.18. The number of piperidine rings is 1. The maximum Gasteiger partial charge on any atom is 0.253 e. The van der Waals surface area contributed by atoms with Crippen molar-refractivity contribution in [2.24, 2.45) is 0 Å². The van der Waals surface area contributed by atoms with Crippen molar-refractivity contribution in [1.29, 1.82) is 0 Å². The summed E-state index contributed by atoms with van der Waals surface area (Å²) in [6.45, 7) is 2.81. The molecule has 1 fully saturated rings. The van der Waals surface area contributed by atoms with Gasteiger partial charge in [-0.1, -0.05) is 55.0 Å². The van der Waals surface area contributed by atoms with Gasteiger partial charge in [0.1, 0.15) is 5.52 Å². The van der Waals surface area contributed by atoms with Gasteiger partial charge < -0.3 is 4.98 Å².